The van der Waals surface area contributed by atoms with Gasteiger partial charge in [0.05, 0.1) is 13.2 Å². The minimum absolute atomic E-state index is 0.0885. The van der Waals surface area contributed by atoms with Gasteiger partial charge in [-0.2, -0.15) is 0 Å². The Hall–Kier alpha value is -3.74. The molecule has 6 rings (SSSR count). The summed E-state index contributed by atoms with van der Waals surface area (Å²) in [7, 11) is 1.67. The van der Waals surface area contributed by atoms with Crippen molar-refractivity contribution in [2.75, 3.05) is 13.7 Å². The van der Waals surface area contributed by atoms with Crippen LogP contribution in [0, 0.1) is 0 Å². The van der Waals surface area contributed by atoms with E-state index in [0.717, 1.165) is 83.8 Å². The van der Waals surface area contributed by atoms with Crippen LogP contribution in [0.1, 0.15) is 54.1 Å². The molecule has 0 saturated carbocycles. The van der Waals surface area contributed by atoms with Crippen molar-refractivity contribution in [1.29, 1.82) is 0 Å². The number of amides is 1. The lowest BCUT2D eigenvalue weighted by atomic mass is 9.91. The van der Waals surface area contributed by atoms with Gasteiger partial charge in [-0.1, -0.05) is 0 Å². The lowest BCUT2D eigenvalue weighted by Crippen LogP contribution is -2.34. The number of aromatic amines is 1. The number of carbonyl (C=O) groups excluding carboxylic acids is 1. The van der Waals surface area contributed by atoms with Crippen LogP contribution in [0.5, 0.6) is 11.5 Å². The second kappa shape index (κ2) is 8.80. The van der Waals surface area contributed by atoms with E-state index in [1.807, 2.05) is 30.3 Å². The molecule has 2 aromatic carbocycles. The number of aromatic nitrogens is 1. The zero-order valence-corrected chi connectivity index (χ0v) is 19.7. The highest BCUT2D eigenvalue weighted by molar-refractivity contribution is 5.87. The molecule has 1 amide bonds. The highest BCUT2D eigenvalue weighted by Crippen LogP contribution is 2.36. The van der Waals surface area contributed by atoms with Crippen molar-refractivity contribution in [3.8, 4) is 11.5 Å². The highest BCUT2D eigenvalue weighted by Gasteiger charge is 2.26. The third-order valence-electron chi connectivity index (χ3n) is 7.31. The molecule has 0 unspecified atom stereocenters. The third-order valence-corrected chi connectivity index (χ3v) is 7.31. The van der Waals surface area contributed by atoms with Crippen molar-refractivity contribution in [2.45, 2.75) is 51.0 Å². The summed E-state index contributed by atoms with van der Waals surface area (Å²) in [6, 6.07) is 11.4. The Balaban J connectivity index is 1.17. The molecular formula is C28H28N2O5. The Labute approximate surface area is 202 Å². The number of nitrogens with one attached hydrogen (secondary N) is 2. The number of rotatable bonds is 5. The molecule has 7 nitrogen and oxygen atoms in total. The van der Waals surface area contributed by atoms with Gasteiger partial charge in [-0.15, -0.1) is 0 Å². The van der Waals surface area contributed by atoms with Gasteiger partial charge in [0.15, 0.2) is 6.61 Å². The van der Waals surface area contributed by atoms with Gasteiger partial charge in [0.1, 0.15) is 17.1 Å². The molecule has 2 N–H and O–H groups in total. The van der Waals surface area contributed by atoms with E-state index in [9.17, 15) is 9.59 Å². The number of H-pyrrole nitrogens is 1. The predicted octanol–water partition coefficient (Wildman–Crippen LogP) is 4.73. The van der Waals surface area contributed by atoms with Gasteiger partial charge in [-0.05, 0) is 86.4 Å². The van der Waals surface area contributed by atoms with Crippen LogP contribution in [-0.4, -0.2) is 24.6 Å². The Bertz CT molecular complexity index is 1500. The minimum Gasteiger partial charge on any atom is -0.497 e. The van der Waals surface area contributed by atoms with Gasteiger partial charge in [-0.3, -0.25) is 4.79 Å². The molecule has 2 aliphatic carbocycles. The maximum atomic E-state index is 12.8. The SMILES string of the molecule is COc1ccc2[nH]c3c(c2c1)CCC[C@H]3NC(=O)COc1ccc2c3c(c(=O)oc2c1)CCCC3. The van der Waals surface area contributed by atoms with E-state index in [2.05, 4.69) is 10.3 Å². The summed E-state index contributed by atoms with van der Waals surface area (Å²) >= 11 is 0. The fourth-order valence-corrected chi connectivity index (χ4v) is 5.61. The predicted molar refractivity (Wildman–Crippen MR) is 133 cm³/mol. The largest absolute Gasteiger partial charge is 0.497 e. The number of methoxy groups -OCH3 is 1. The fraction of sp³-hybridized carbons (Fsp3) is 0.357. The molecule has 4 aromatic rings. The van der Waals surface area contributed by atoms with Crippen molar-refractivity contribution in [2.24, 2.45) is 0 Å². The molecule has 180 valence electrons. The van der Waals surface area contributed by atoms with Gasteiger partial charge in [0, 0.05) is 33.6 Å². The second-order valence-electron chi connectivity index (χ2n) is 9.44. The summed E-state index contributed by atoms with van der Waals surface area (Å²) < 4.78 is 16.7. The molecule has 0 radical (unpaired) electrons. The van der Waals surface area contributed by atoms with Crippen molar-refractivity contribution >= 4 is 27.8 Å². The van der Waals surface area contributed by atoms with Crippen LogP contribution in [0.15, 0.2) is 45.6 Å². The quantitative estimate of drug-likeness (QED) is 0.410. The molecule has 2 aromatic heterocycles. The first-order chi connectivity index (χ1) is 17.1. The number of aryl methyl sites for hydroxylation is 2. The minimum atomic E-state index is -0.258. The fourth-order valence-electron chi connectivity index (χ4n) is 5.61. The number of hydrogen-bond donors (Lipinski definition) is 2. The molecule has 0 spiro atoms. The number of benzene rings is 2. The van der Waals surface area contributed by atoms with Crippen LogP contribution in [0.3, 0.4) is 0 Å². The van der Waals surface area contributed by atoms with E-state index < -0.39 is 0 Å². The summed E-state index contributed by atoms with van der Waals surface area (Å²) in [5, 5.41) is 5.23. The first-order valence-corrected chi connectivity index (χ1v) is 12.3. The highest BCUT2D eigenvalue weighted by atomic mass is 16.5. The summed E-state index contributed by atoms with van der Waals surface area (Å²) in [4.78, 5) is 28.7. The molecule has 7 heteroatoms. The normalized spacial score (nSPS) is 17.1. The van der Waals surface area contributed by atoms with Crippen molar-refractivity contribution < 1.29 is 18.7 Å². The number of hydrogen-bond acceptors (Lipinski definition) is 5. The molecule has 0 bridgehead atoms. The maximum absolute atomic E-state index is 12.8. The lowest BCUT2D eigenvalue weighted by Gasteiger charge is -2.24. The van der Waals surface area contributed by atoms with Gasteiger partial charge < -0.3 is 24.2 Å². The number of fused-ring (bicyclic) bond motifs is 6. The van der Waals surface area contributed by atoms with Gasteiger partial charge in [-0.25, -0.2) is 4.79 Å². The summed E-state index contributed by atoms with van der Waals surface area (Å²) in [6.45, 7) is -0.111. The van der Waals surface area contributed by atoms with Crippen LogP contribution < -0.4 is 20.4 Å². The standard InChI is InChI=1S/C28H28N2O5/c1-33-16-10-12-23-22(13-16)20-7-4-8-24(27(20)30-23)29-26(31)15-34-17-9-11-19-18-5-2-3-6-21(18)28(32)35-25(19)14-17/h9-14,24,30H,2-8,15H2,1H3,(H,29,31)/t24-/m1/s1. The smallest absolute Gasteiger partial charge is 0.339 e. The van der Waals surface area contributed by atoms with E-state index in [1.54, 1.807) is 13.2 Å². The Kier molecular flexibility index (Phi) is 5.47. The molecule has 0 saturated heterocycles. The van der Waals surface area contributed by atoms with E-state index in [1.165, 1.54) is 5.56 Å². The maximum Gasteiger partial charge on any atom is 0.339 e. The Morgan fingerprint density at radius 2 is 1.80 bits per heavy atom. The van der Waals surface area contributed by atoms with E-state index in [-0.39, 0.29) is 24.2 Å². The number of carbonyl (C=O) groups is 1. The van der Waals surface area contributed by atoms with Crippen LogP contribution in [0.25, 0.3) is 21.9 Å². The average Bonchev–Trinajstić information content (AvgIpc) is 3.26. The monoisotopic (exact) mass is 472 g/mol. The summed E-state index contributed by atoms with van der Waals surface area (Å²) in [5.41, 5.74) is 5.50. The topological polar surface area (TPSA) is 93.6 Å². The second-order valence-corrected chi connectivity index (χ2v) is 9.44. The third kappa shape index (κ3) is 3.95. The van der Waals surface area contributed by atoms with Crippen LogP contribution >= 0.6 is 0 Å². The first-order valence-electron chi connectivity index (χ1n) is 12.3. The molecule has 0 aliphatic heterocycles. The van der Waals surface area contributed by atoms with Gasteiger partial charge >= 0.3 is 5.63 Å². The van der Waals surface area contributed by atoms with Crippen LogP contribution in [0.4, 0.5) is 0 Å². The molecular weight excluding hydrogens is 444 g/mol. The van der Waals surface area contributed by atoms with Crippen molar-refractivity contribution in [1.82, 2.24) is 10.3 Å². The molecule has 0 fully saturated rings. The Morgan fingerprint density at radius 1 is 1.00 bits per heavy atom. The average molecular weight is 473 g/mol. The summed E-state index contributed by atoms with van der Waals surface area (Å²) in [5.74, 6) is 1.14. The van der Waals surface area contributed by atoms with Gasteiger partial charge in [0.2, 0.25) is 0 Å². The molecule has 2 heterocycles. The zero-order valence-electron chi connectivity index (χ0n) is 19.7. The van der Waals surface area contributed by atoms with Crippen LogP contribution in [0.2, 0.25) is 0 Å². The molecule has 35 heavy (non-hydrogen) atoms. The molecule has 1 atom stereocenters. The van der Waals surface area contributed by atoms with Gasteiger partial charge in [0.25, 0.3) is 5.91 Å². The first kappa shape index (κ1) is 21.8. The summed E-state index contributed by atoms with van der Waals surface area (Å²) in [6.07, 6.45) is 6.61. The molecule has 2 aliphatic rings. The number of ether oxygens (including phenoxy) is 2. The zero-order chi connectivity index (χ0) is 23.9. The van der Waals surface area contributed by atoms with Crippen molar-refractivity contribution in [3.63, 3.8) is 0 Å². The van der Waals surface area contributed by atoms with E-state index in [0.29, 0.717) is 11.3 Å². The van der Waals surface area contributed by atoms with E-state index >= 15 is 0 Å². The van der Waals surface area contributed by atoms with Crippen molar-refractivity contribution in [3.05, 3.63) is 69.2 Å². The van der Waals surface area contributed by atoms with Crippen LogP contribution in [-0.2, 0) is 24.1 Å². The van der Waals surface area contributed by atoms with E-state index in [4.69, 9.17) is 13.9 Å². The lowest BCUT2D eigenvalue weighted by molar-refractivity contribution is -0.124. The Morgan fingerprint density at radius 3 is 2.66 bits per heavy atom.